The van der Waals surface area contributed by atoms with Crippen molar-refractivity contribution in [3.63, 3.8) is 0 Å². The monoisotopic (exact) mass is 369 g/mol. The number of rotatable bonds is 7. The normalized spacial score (nSPS) is 17.6. The number of ether oxygens (including phenoxy) is 1. The van der Waals surface area contributed by atoms with Crippen LogP contribution in [-0.4, -0.2) is 70.1 Å². The highest BCUT2D eigenvalue weighted by Crippen LogP contribution is 2.25. The summed E-state index contributed by atoms with van der Waals surface area (Å²) >= 11 is 0. The van der Waals surface area contributed by atoms with Crippen LogP contribution in [0, 0.1) is 6.92 Å². The van der Waals surface area contributed by atoms with Crippen molar-refractivity contribution >= 4 is 10.0 Å². The van der Waals surface area contributed by atoms with E-state index in [1.807, 2.05) is 13.0 Å². The number of hydrogen-bond acceptors (Lipinski definition) is 5. The summed E-state index contributed by atoms with van der Waals surface area (Å²) in [5.41, 5.74) is 0.639. The maximum Gasteiger partial charge on any atom is 0.244 e. The molecule has 1 heterocycles. The summed E-state index contributed by atoms with van der Waals surface area (Å²) in [6.45, 7) is 13.6. The zero-order valence-electron chi connectivity index (χ0n) is 16.0. The quantitative estimate of drug-likeness (QED) is 0.793. The van der Waals surface area contributed by atoms with Crippen molar-refractivity contribution in [1.29, 1.82) is 0 Å². The van der Waals surface area contributed by atoms with Gasteiger partial charge in [0.15, 0.2) is 0 Å². The number of hydrogen-bond donors (Lipinski definition) is 1. The van der Waals surface area contributed by atoms with Gasteiger partial charge in [0.2, 0.25) is 10.0 Å². The summed E-state index contributed by atoms with van der Waals surface area (Å²) in [4.78, 5) is 4.96. The molecule has 1 aromatic rings. The van der Waals surface area contributed by atoms with E-state index in [0.29, 0.717) is 12.3 Å². The summed E-state index contributed by atoms with van der Waals surface area (Å²) in [6.07, 6.45) is 0. The lowest BCUT2D eigenvalue weighted by Gasteiger charge is -2.44. The molecular weight excluding hydrogens is 338 g/mol. The summed E-state index contributed by atoms with van der Waals surface area (Å²) in [5, 5.41) is 0. The molecule has 142 valence electrons. The van der Waals surface area contributed by atoms with Gasteiger partial charge in [0.25, 0.3) is 0 Å². The van der Waals surface area contributed by atoms with Gasteiger partial charge in [0.05, 0.1) is 7.11 Å². The molecule has 0 spiro atoms. The summed E-state index contributed by atoms with van der Waals surface area (Å²) in [7, 11) is -2.14. The van der Waals surface area contributed by atoms with Gasteiger partial charge in [-0.3, -0.25) is 4.90 Å². The molecule has 25 heavy (non-hydrogen) atoms. The van der Waals surface area contributed by atoms with Gasteiger partial charge in [-0.15, -0.1) is 0 Å². The number of nitrogens with one attached hydrogen (secondary N) is 1. The third-order valence-corrected chi connectivity index (χ3v) is 6.40. The Morgan fingerprint density at radius 2 is 1.84 bits per heavy atom. The summed E-state index contributed by atoms with van der Waals surface area (Å²) in [5.74, 6) is 0.368. The number of nitrogens with zero attached hydrogens (tertiary/aromatic N) is 2. The predicted octanol–water partition coefficient (Wildman–Crippen LogP) is 1.70. The number of methoxy groups -OCH3 is 1. The molecule has 1 saturated heterocycles. The van der Waals surface area contributed by atoms with E-state index in [9.17, 15) is 8.42 Å². The van der Waals surface area contributed by atoms with Crippen LogP contribution in [0.15, 0.2) is 23.1 Å². The molecule has 1 aromatic carbocycles. The molecular formula is C18H31N3O3S. The van der Waals surface area contributed by atoms with Crippen LogP contribution in [0.1, 0.15) is 26.3 Å². The van der Waals surface area contributed by atoms with Gasteiger partial charge in [-0.2, -0.15) is 0 Å². The first-order chi connectivity index (χ1) is 11.7. The Labute approximate surface area is 152 Å². The SMILES string of the molecule is CCN1CCN(C(C)(C)CNS(=O)(=O)c2cc(C)ccc2OC)CC1. The molecule has 1 aliphatic heterocycles. The maximum absolute atomic E-state index is 12.8. The minimum Gasteiger partial charge on any atom is -0.495 e. The van der Waals surface area contributed by atoms with Crippen molar-refractivity contribution in [2.45, 2.75) is 38.1 Å². The second-order valence-electron chi connectivity index (χ2n) is 7.21. The first kappa shape index (κ1) is 20.2. The maximum atomic E-state index is 12.8. The highest BCUT2D eigenvalue weighted by Gasteiger charge is 2.31. The molecule has 0 amide bonds. The lowest BCUT2D eigenvalue weighted by molar-refractivity contribution is 0.0571. The number of sulfonamides is 1. The highest BCUT2D eigenvalue weighted by molar-refractivity contribution is 7.89. The first-order valence-electron chi connectivity index (χ1n) is 8.81. The molecule has 1 N–H and O–H groups in total. The zero-order chi connectivity index (χ0) is 18.7. The van der Waals surface area contributed by atoms with E-state index in [-0.39, 0.29) is 10.4 Å². The predicted molar refractivity (Wildman–Crippen MR) is 101 cm³/mol. The van der Waals surface area contributed by atoms with E-state index in [1.54, 1.807) is 12.1 Å². The summed E-state index contributed by atoms with van der Waals surface area (Å²) < 4.78 is 33.5. The van der Waals surface area contributed by atoms with Crippen molar-refractivity contribution in [3.8, 4) is 5.75 Å². The van der Waals surface area contributed by atoms with E-state index >= 15 is 0 Å². The molecule has 0 aliphatic carbocycles. The Morgan fingerprint density at radius 3 is 2.40 bits per heavy atom. The van der Waals surface area contributed by atoms with Gasteiger partial charge in [0, 0.05) is 38.3 Å². The van der Waals surface area contributed by atoms with Gasteiger partial charge in [-0.05, 0) is 45.0 Å². The van der Waals surface area contributed by atoms with Crippen LogP contribution >= 0.6 is 0 Å². The molecule has 0 bridgehead atoms. The van der Waals surface area contributed by atoms with E-state index in [4.69, 9.17) is 4.74 Å². The fourth-order valence-corrected chi connectivity index (χ4v) is 4.58. The zero-order valence-corrected chi connectivity index (χ0v) is 16.8. The lowest BCUT2D eigenvalue weighted by Crippen LogP contribution is -2.58. The minimum absolute atomic E-state index is 0.196. The van der Waals surface area contributed by atoms with Crippen LogP contribution in [0.3, 0.4) is 0 Å². The number of aryl methyl sites for hydroxylation is 1. The molecule has 0 aromatic heterocycles. The average Bonchev–Trinajstić information content (AvgIpc) is 2.60. The Kier molecular flexibility index (Phi) is 6.48. The average molecular weight is 370 g/mol. The lowest BCUT2D eigenvalue weighted by atomic mass is 10.0. The molecule has 1 fully saturated rings. The second kappa shape index (κ2) is 8.03. The van der Waals surface area contributed by atoms with Gasteiger partial charge in [-0.1, -0.05) is 13.0 Å². The van der Waals surface area contributed by atoms with E-state index < -0.39 is 10.0 Å². The van der Waals surface area contributed by atoms with E-state index in [0.717, 1.165) is 38.3 Å². The van der Waals surface area contributed by atoms with Crippen molar-refractivity contribution < 1.29 is 13.2 Å². The van der Waals surface area contributed by atoms with Gasteiger partial charge >= 0.3 is 0 Å². The fraction of sp³-hybridized carbons (Fsp3) is 0.667. The third-order valence-electron chi connectivity index (χ3n) is 4.98. The van der Waals surface area contributed by atoms with Crippen molar-refractivity contribution in [2.75, 3.05) is 46.4 Å². The van der Waals surface area contributed by atoms with Crippen LogP contribution in [-0.2, 0) is 10.0 Å². The standard InChI is InChI=1S/C18H31N3O3S/c1-6-20-9-11-21(12-10-20)18(3,4)14-19-25(22,23)17-13-15(2)7-8-16(17)24-5/h7-8,13,19H,6,9-12,14H2,1-5H3. The van der Waals surface area contributed by atoms with Crippen LogP contribution in [0.25, 0.3) is 0 Å². The molecule has 0 saturated carbocycles. The van der Waals surface area contributed by atoms with Crippen LogP contribution < -0.4 is 9.46 Å². The third kappa shape index (κ3) is 4.94. The van der Waals surface area contributed by atoms with Gasteiger partial charge in [-0.25, -0.2) is 13.1 Å². The molecule has 0 radical (unpaired) electrons. The van der Waals surface area contributed by atoms with Crippen LogP contribution in [0.4, 0.5) is 0 Å². The Balaban J connectivity index is 2.07. The van der Waals surface area contributed by atoms with Crippen LogP contribution in [0.5, 0.6) is 5.75 Å². The Morgan fingerprint density at radius 1 is 1.20 bits per heavy atom. The topological polar surface area (TPSA) is 61.9 Å². The number of benzene rings is 1. The van der Waals surface area contributed by atoms with Crippen LogP contribution in [0.2, 0.25) is 0 Å². The minimum atomic E-state index is -3.62. The Bertz CT molecular complexity index is 681. The van der Waals surface area contributed by atoms with Crippen molar-refractivity contribution in [2.24, 2.45) is 0 Å². The largest absolute Gasteiger partial charge is 0.495 e. The number of piperazine rings is 1. The molecule has 6 nitrogen and oxygen atoms in total. The molecule has 2 rings (SSSR count). The van der Waals surface area contributed by atoms with E-state index in [1.165, 1.54) is 7.11 Å². The molecule has 0 unspecified atom stereocenters. The van der Waals surface area contributed by atoms with Gasteiger partial charge in [0.1, 0.15) is 10.6 Å². The number of likely N-dealkylation sites (N-methyl/N-ethyl adjacent to an activating group) is 1. The first-order valence-corrected chi connectivity index (χ1v) is 10.3. The fourth-order valence-electron chi connectivity index (χ4n) is 3.12. The second-order valence-corrected chi connectivity index (χ2v) is 8.95. The van der Waals surface area contributed by atoms with Gasteiger partial charge < -0.3 is 9.64 Å². The molecule has 7 heteroatoms. The smallest absolute Gasteiger partial charge is 0.244 e. The van der Waals surface area contributed by atoms with Crippen molar-refractivity contribution in [1.82, 2.24) is 14.5 Å². The summed E-state index contributed by atoms with van der Waals surface area (Å²) in [6, 6.07) is 5.18. The van der Waals surface area contributed by atoms with E-state index in [2.05, 4.69) is 35.3 Å². The highest BCUT2D eigenvalue weighted by atomic mass is 32.2. The van der Waals surface area contributed by atoms with Crippen molar-refractivity contribution in [3.05, 3.63) is 23.8 Å². The molecule has 1 aliphatic rings. The Hall–Kier alpha value is -1.15. The molecule has 0 atom stereocenters.